The van der Waals surface area contributed by atoms with E-state index in [1.165, 1.54) is 23.1 Å². The molecule has 0 unspecified atom stereocenters. The first-order valence-corrected chi connectivity index (χ1v) is 18.3. The van der Waals surface area contributed by atoms with E-state index in [-0.39, 0.29) is 16.5 Å². The van der Waals surface area contributed by atoms with Gasteiger partial charge in [0.15, 0.2) is 0 Å². The molecule has 10 heteroatoms. The summed E-state index contributed by atoms with van der Waals surface area (Å²) in [6.45, 7) is 6.06. The van der Waals surface area contributed by atoms with Crippen LogP contribution in [0.3, 0.4) is 0 Å². The SMILES string of the molecule is C[C@@H]1Cc2c([nH]c3ccc(F)cc23)[C@@H](c2c(F)ccc(Br)c2F)N1CC(F)(F)CO[Si](c1ccccc1)(c1ccccc1)C(C)(C)C. The van der Waals surface area contributed by atoms with Crippen molar-refractivity contribution in [2.45, 2.75) is 57.2 Å². The van der Waals surface area contributed by atoms with Crippen LogP contribution in [0.15, 0.2) is 95.5 Å². The number of H-pyrrole nitrogens is 1. The highest BCUT2D eigenvalue weighted by Crippen LogP contribution is 2.45. The Bertz CT molecular complexity index is 1850. The summed E-state index contributed by atoms with van der Waals surface area (Å²) < 4.78 is 85.4. The van der Waals surface area contributed by atoms with E-state index >= 15 is 17.6 Å². The highest BCUT2D eigenvalue weighted by Gasteiger charge is 2.52. The summed E-state index contributed by atoms with van der Waals surface area (Å²) in [7, 11) is -3.30. The molecule has 0 bridgehead atoms. The second kappa shape index (κ2) is 12.6. The third-order valence-electron chi connectivity index (χ3n) is 9.26. The van der Waals surface area contributed by atoms with Gasteiger partial charge in [-0.15, -0.1) is 0 Å². The fourth-order valence-corrected chi connectivity index (χ4v) is 12.1. The first kappa shape index (κ1) is 33.6. The zero-order valence-electron chi connectivity index (χ0n) is 26.6. The summed E-state index contributed by atoms with van der Waals surface area (Å²) in [6, 6.07) is 23.8. The van der Waals surface area contributed by atoms with Gasteiger partial charge in [-0.25, -0.2) is 22.0 Å². The average Bonchev–Trinajstić information content (AvgIpc) is 3.38. The van der Waals surface area contributed by atoms with E-state index in [4.69, 9.17) is 4.43 Å². The molecule has 0 amide bonds. The number of rotatable bonds is 8. The largest absolute Gasteiger partial charge is 0.401 e. The molecule has 0 aliphatic carbocycles. The van der Waals surface area contributed by atoms with E-state index in [2.05, 4.69) is 20.9 Å². The Morgan fingerprint density at radius 3 is 2.11 bits per heavy atom. The number of benzene rings is 4. The molecule has 4 aromatic carbocycles. The first-order chi connectivity index (χ1) is 22.2. The van der Waals surface area contributed by atoms with Crippen molar-refractivity contribution in [3.05, 3.63) is 130 Å². The molecule has 5 aromatic rings. The van der Waals surface area contributed by atoms with Crippen LogP contribution < -0.4 is 10.4 Å². The second-order valence-corrected chi connectivity index (χ2v) is 18.6. The van der Waals surface area contributed by atoms with Gasteiger partial charge in [-0.05, 0) is 80.6 Å². The number of aromatic amines is 1. The quantitative estimate of drug-likeness (QED) is 0.0983. The highest BCUT2D eigenvalue weighted by atomic mass is 79.9. The van der Waals surface area contributed by atoms with Gasteiger partial charge in [-0.2, -0.15) is 0 Å². The Morgan fingerprint density at radius 2 is 1.51 bits per heavy atom. The summed E-state index contributed by atoms with van der Waals surface area (Å²) in [5.74, 6) is -5.62. The third kappa shape index (κ3) is 6.09. The van der Waals surface area contributed by atoms with Gasteiger partial charge in [0.1, 0.15) is 17.5 Å². The van der Waals surface area contributed by atoms with Gasteiger partial charge in [0.25, 0.3) is 14.2 Å². The van der Waals surface area contributed by atoms with Crippen molar-refractivity contribution in [3.8, 4) is 0 Å². The van der Waals surface area contributed by atoms with Crippen molar-refractivity contribution in [1.82, 2.24) is 9.88 Å². The van der Waals surface area contributed by atoms with Gasteiger partial charge in [0, 0.05) is 28.2 Å². The van der Waals surface area contributed by atoms with Crippen LogP contribution in [0.4, 0.5) is 22.0 Å². The predicted octanol–water partition coefficient (Wildman–Crippen LogP) is 8.90. The lowest BCUT2D eigenvalue weighted by Crippen LogP contribution is -2.67. The molecule has 0 fully saturated rings. The van der Waals surface area contributed by atoms with Gasteiger partial charge >= 0.3 is 0 Å². The molecule has 1 N–H and O–H groups in total. The van der Waals surface area contributed by atoms with E-state index in [1.54, 1.807) is 13.0 Å². The molecule has 0 saturated heterocycles. The van der Waals surface area contributed by atoms with Crippen LogP contribution in [-0.2, 0) is 10.8 Å². The smallest absolute Gasteiger partial charge is 0.282 e. The van der Waals surface area contributed by atoms with E-state index < -0.39 is 62.0 Å². The minimum absolute atomic E-state index is 0.0116. The normalized spacial score (nSPS) is 17.7. The summed E-state index contributed by atoms with van der Waals surface area (Å²) in [5.41, 5.74) is 1.22. The van der Waals surface area contributed by atoms with Crippen molar-refractivity contribution in [2.75, 3.05) is 13.2 Å². The number of halogens is 6. The molecule has 1 aromatic heterocycles. The van der Waals surface area contributed by atoms with Crippen LogP contribution in [0, 0.1) is 17.5 Å². The predicted molar refractivity (Wildman–Crippen MR) is 183 cm³/mol. The van der Waals surface area contributed by atoms with E-state index in [9.17, 15) is 4.39 Å². The van der Waals surface area contributed by atoms with Gasteiger partial charge in [0.05, 0.1) is 23.7 Å². The molecular formula is C37H36BrF5N2OSi. The van der Waals surface area contributed by atoms with Crippen LogP contribution in [0.2, 0.25) is 5.04 Å². The van der Waals surface area contributed by atoms with Crippen LogP contribution >= 0.6 is 15.9 Å². The summed E-state index contributed by atoms with van der Waals surface area (Å²) in [4.78, 5) is 4.64. The summed E-state index contributed by atoms with van der Waals surface area (Å²) in [5, 5.41) is 1.78. The number of hydrogen-bond donors (Lipinski definition) is 1. The van der Waals surface area contributed by atoms with Gasteiger partial charge in [-0.1, -0.05) is 81.4 Å². The third-order valence-corrected chi connectivity index (χ3v) is 14.9. The number of aromatic nitrogens is 1. The van der Waals surface area contributed by atoms with E-state index in [1.807, 2.05) is 81.4 Å². The molecule has 246 valence electrons. The standard InChI is InChI=1S/C37H36BrF5N2OSi/c1-23-19-28-27-20-24(39)15-18-31(27)44-34(28)35(32-30(40)17-16-29(38)33(32)41)45(23)21-37(42,43)22-46-47(36(2,3)4,25-11-7-5-8-12-25)26-13-9-6-10-14-26/h5-18,20,23,35,44H,19,21-22H2,1-4H3/t23-,35-/m1/s1. The maximum absolute atomic E-state index is 16.5. The molecule has 1 aliphatic heterocycles. The van der Waals surface area contributed by atoms with Crippen molar-refractivity contribution in [2.24, 2.45) is 0 Å². The van der Waals surface area contributed by atoms with Crippen LogP contribution in [-0.4, -0.2) is 43.3 Å². The summed E-state index contributed by atoms with van der Waals surface area (Å²) in [6.07, 6.45) is 0.276. The number of alkyl halides is 2. The summed E-state index contributed by atoms with van der Waals surface area (Å²) >= 11 is 3.15. The molecule has 47 heavy (non-hydrogen) atoms. The maximum atomic E-state index is 16.5. The topological polar surface area (TPSA) is 28.3 Å². The van der Waals surface area contributed by atoms with Crippen LogP contribution in [0.25, 0.3) is 10.9 Å². The Hall–Kier alpha value is -3.31. The van der Waals surface area contributed by atoms with Crippen LogP contribution in [0.1, 0.15) is 50.6 Å². The lowest BCUT2D eigenvalue weighted by atomic mass is 9.87. The van der Waals surface area contributed by atoms with Crippen molar-refractivity contribution >= 4 is 45.5 Å². The molecule has 0 saturated carbocycles. The zero-order valence-corrected chi connectivity index (χ0v) is 29.1. The molecule has 1 aliphatic rings. The molecule has 0 radical (unpaired) electrons. The first-order valence-electron chi connectivity index (χ1n) is 15.6. The Morgan fingerprint density at radius 1 is 0.894 bits per heavy atom. The van der Waals surface area contributed by atoms with Gasteiger partial charge < -0.3 is 9.41 Å². The Kier molecular flexibility index (Phi) is 9.01. The van der Waals surface area contributed by atoms with E-state index in [0.717, 1.165) is 16.4 Å². The van der Waals surface area contributed by atoms with Crippen molar-refractivity contribution < 1.29 is 26.4 Å². The minimum Gasteiger partial charge on any atom is -0.401 e. The fraction of sp³-hybridized carbons (Fsp3) is 0.297. The second-order valence-electron chi connectivity index (χ2n) is 13.4. The number of nitrogens with zero attached hydrogens (tertiary/aromatic N) is 1. The van der Waals surface area contributed by atoms with Gasteiger partial charge in [0.2, 0.25) is 0 Å². The Labute approximate surface area is 281 Å². The van der Waals surface area contributed by atoms with Gasteiger partial charge in [-0.3, -0.25) is 4.90 Å². The lowest BCUT2D eigenvalue weighted by molar-refractivity contribution is -0.0825. The maximum Gasteiger partial charge on any atom is 0.282 e. The van der Waals surface area contributed by atoms with Crippen molar-refractivity contribution in [1.29, 1.82) is 0 Å². The monoisotopic (exact) mass is 726 g/mol. The number of nitrogens with one attached hydrogen (secondary N) is 1. The molecule has 6 rings (SSSR count). The molecule has 3 nitrogen and oxygen atoms in total. The average molecular weight is 728 g/mol. The van der Waals surface area contributed by atoms with Crippen molar-refractivity contribution in [3.63, 3.8) is 0 Å². The number of fused-ring (bicyclic) bond motifs is 3. The molecular weight excluding hydrogens is 691 g/mol. The fourth-order valence-electron chi connectivity index (χ4n) is 7.17. The number of hydrogen-bond acceptors (Lipinski definition) is 2. The lowest BCUT2D eigenvalue weighted by Gasteiger charge is -2.45. The molecule has 0 spiro atoms. The zero-order chi connectivity index (χ0) is 33.7. The Balaban J connectivity index is 1.42. The van der Waals surface area contributed by atoms with Crippen LogP contribution in [0.5, 0.6) is 0 Å². The highest BCUT2D eigenvalue weighted by molar-refractivity contribution is 9.10. The molecule has 2 heterocycles. The molecule has 2 atom stereocenters. The van der Waals surface area contributed by atoms with E-state index in [0.29, 0.717) is 22.2 Å². The minimum atomic E-state index is -3.42.